The average molecular weight is 403 g/mol. The minimum atomic E-state index is -0.149. The molecule has 7 nitrogen and oxygen atoms in total. The number of hydrogen-bond acceptors (Lipinski definition) is 6. The monoisotopic (exact) mass is 403 g/mol. The summed E-state index contributed by atoms with van der Waals surface area (Å²) in [6.45, 7) is 6.77. The lowest BCUT2D eigenvalue weighted by Crippen LogP contribution is -2.18. The van der Waals surface area contributed by atoms with Crippen LogP contribution in [-0.2, 0) is 6.54 Å². The van der Waals surface area contributed by atoms with Crippen molar-refractivity contribution < 1.29 is 4.74 Å². The molecule has 0 unspecified atom stereocenters. The third kappa shape index (κ3) is 5.29. The Bertz CT molecular complexity index is 1100. The van der Waals surface area contributed by atoms with E-state index in [1.54, 1.807) is 18.5 Å². The highest BCUT2D eigenvalue weighted by Gasteiger charge is 2.13. The standard InChI is InChI=1S/C23H25N5O2/c1-16-5-7-21(26-13-16)17(2)9-12-30-23-20(14-25-18(3)27-23)19-6-8-22(29)28(15-19)11-4-10-24/h5-8,13-15,17H,4,9,11-12H2,1-3H3/t17-/m1/s1. The van der Waals surface area contributed by atoms with Crippen LogP contribution in [0.3, 0.4) is 0 Å². The molecule has 1 atom stereocenters. The summed E-state index contributed by atoms with van der Waals surface area (Å²) in [5.41, 5.74) is 3.51. The molecule has 3 aromatic rings. The van der Waals surface area contributed by atoms with E-state index in [1.807, 2.05) is 26.1 Å². The molecule has 0 spiro atoms. The van der Waals surface area contributed by atoms with Gasteiger partial charge in [0.15, 0.2) is 0 Å². The van der Waals surface area contributed by atoms with Gasteiger partial charge in [-0.05, 0) is 38.0 Å². The van der Waals surface area contributed by atoms with Gasteiger partial charge < -0.3 is 9.30 Å². The summed E-state index contributed by atoms with van der Waals surface area (Å²) in [4.78, 5) is 25.3. The molecule has 0 aromatic carbocycles. The van der Waals surface area contributed by atoms with Crippen molar-refractivity contribution in [2.75, 3.05) is 6.61 Å². The van der Waals surface area contributed by atoms with Gasteiger partial charge in [-0.25, -0.2) is 4.98 Å². The molecule has 30 heavy (non-hydrogen) atoms. The summed E-state index contributed by atoms with van der Waals surface area (Å²) in [5.74, 6) is 1.35. The molecule has 0 aliphatic carbocycles. The molecule has 0 saturated heterocycles. The average Bonchev–Trinajstić information content (AvgIpc) is 2.74. The Hall–Kier alpha value is -3.53. The Morgan fingerprint density at radius 1 is 1.17 bits per heavy atom. The number of rotatable bonds is 8. The molecule has 0 N–H and O–H groups in total. The van der Waals surface area contributed by atoms with Crippen molar-refractivity contribution in [1.29, 1.82) is 5.26 Å². The van der Waals surface area contributed by atoms with Gasteiger partial charge in [0.25, 0.3) is 5.56 Å². The maximum absolute atomic E-state index is 12.0. The van der Waals surface area contributed by atoms with Gasteiger partial charge in [-0.1, -0.05) is 13.0 Å². The van der Waals surface area contributed by atoms with Crippen LogP contribution < -0.4 is 10.3 Å². The number of nitrogens with zero attached hydrogens (tertiary/aromatic N) is 5. The van der Waals surface area contributed by atoms with Gasteiger partial charge in [-0.3, -0.25) is 9.78 Å². The van der Waals surface area contributed by atoms with Crippen molar-refractivity contribution in [2.24, 2.45) is 0 Å². The summed E-state index contributed by atoms with van der Waals surface area (Å²) in [5, 5.41) is 8.81. The van der Waals surface area contributed by atoms with Crippen LogP contribution in [-0.4, -0.2) is 26.1 Å². The molecule has 3 heterocycles. The van der Waals surface area contributed by atoms with Crippen LogP contribution in [0.1, 0.15) is 42.8 Å². The zero-order valence-electron chi connectivity index (χ0n) is 17.5. The normalized spacial score (nSPS) is 11.7. The number of aromatic nitrogens is 4. The Kier molecular flexibility index (Phi) is 6.91. The van der Waals surface area contributed by atoms with Crippen molar-refractivity contribution in [3.8, 4) is 23.1 Å². The van der Waals surface area contributed by atoms with E-state index in [0.29, 0.717) is 30.4 Å². The number of nitriles is 1. The van der Waals surface area contributed by atoms with Crippen molar-refractivity contribution in [2.45, 2.75) is 46.1 Å². The first-order valence-corrected chi connectivity index (χ1v) is 9.94. The molecule has 154 valence electrons. The lowest BCUT2D eigenvalue weighted by atomic mass is 10.0. The lowest BCUT2D eigenvalue weighted by Gasteiger charge is -2.14. The quantitative estimate of drug-likeness (QED) is 0.568. The second-order valence-electron chi connectivity index (χ2n) is 7.29. The van der Waals surface area contributed by atoms with Crippen LogP contribution in [0.4, 0.5) is 0 Å². The lowest BCUT2D eigenvalue weighted by molar-refractivity contribution is 0.289. The van der Waals surface area contributed by atoms with E-state index >= 15 is 0 Å². The van der Waals surface area contributed by atoms with Crippen molar-refractivity contribution in [3.63, 3.8) is 0 Å². The third-order valence-electron chi connectivity index (χ3n) is 4.86. The second kappa shape index (κ2) is 9.79. The molecule has 7 heteroatoms. The molecule has 0 bridgehead atoms. The summed E-state index contributed by atoms with van der Waals surface area (Å²) in [7, 11) is 0. The summed E-state index contributed by atoms with van der Waals surface area (Å²) in [6.07, 6.45) is 6.36. The van der Waals surface area contributed by atoms with Gasteiger partial charge in [-0.2, -0.15) is 10.2 Å². The molecule has 0 aliphatic rings. The van der Waals surface area contributed by atoms with E-state index in [0.717, 1.165) is 23.2 Å². The fourth-order valence-electron chi connectivity index (χ4n) is 3.04. The molecule has 0 aliphatic heterocycles. The zero-order chi connectivity index (χ0) is 21.5. The Morgan fingerprint density at radius 3 is 2.73 bits per heavy atom. The van der Waals surface area contributed by atoms with E-state index in [2.05, 4.69) is 34.0 Å². The first kappa shape index (κ1) is 21.2. The number of aryl methyl sites for hydroxylation is 3. The van der Waals surface area contributed by atoms with Gasteiger partial charge in [0.2, 0.25) is 5.88 Å². The van der Waals surface area contributed by atoms with E-state index in [9.17, 15) is 4.79 Å². The van der Waals surface area contributed by atoms with Gasteiger partial charge in [0, 0.05) is 48.4 Å². The zero-order valence-corrected chi connectivity index (χ0v) is 17.5. The second-order valence-corrected chi connectivity index (χ2v) is 7.29. The summed E-state index contributed by atoms with van der Waals surface area (Å²) >= 11 is 0. The molecule has 0 fully saturated rings. The predicted octanol–water partition coefficient (Wildman–Crippen LogP) is 3.80. The molecule has 3 rings (SSSR count). The molecular weight excluding hydrogens is 378 g/mol. The van der Waals surface area contributed by atoms with Crippen molar-refractivity contribution in [3.05, 3.63) is 70.3 Å². The van der Waals surface area contributed by atoms with E-state index in [1.165, 1.54) is 10.6 Å². The molecule has 0 amide bonds. The van der Waals surface area contributed by atoms with E-state index in [4.69, 9.17) is 10.00 Å². The highest BCUT2D eigenvalue weighted by atomic mass is 16.5. The SMILES string of the molecule is Cc1ccc([C@H](C)CCOc2nc(C)ncc2-c2ccc(=O)n(CCC#N)c2)nc1. The maximum atomic E-state index is 12.0. The van der Waals surface area contributed by atoms with Crippen LogP contribution in [0.25, 0.3) is 11.1 Å². The largest absolute Gasteiger partial charge is 0.477 e. The Morgan fingerprint density at radius 2 is 2.00 bits per heavy atom. The van der Waals surface area contributed by atoms with Crippen LogP contribution in [0.5, 0.6) is 5.88 Å². The van der Waals surface area contributed by atoms with Gasteiger partial charge in [0.05, 0.1) is 24.7 Å². The van der Waals surface area contributed by atoms with Gasteiger partial charge in [0.1, 0.15) is 5.82 Å². The van der Waals surface area contributed by atoms with Crippen LogP contribution in [0, 0.1) is 25.2 Å². The molecule has 0 saturated carbocycles. The highest BCUT2D eigenvalue weighted by Crippen LogP contribution is 2.28. The smallest absolute Gasteiger partial charge is 0.250 e. The topological polar surface area (TPSA) is 93.7 Å². The molecule has 0 radical (unpaired) electrons. The minimum Gasteiger partial charge on any atom is -0.477 e. The fraction of sp³-hybridized carbons (Fsp3) is 0.348. The Balaban J connectivity index is 1.76. The first-order chi connectivity index (χ1) is 14.5. The van der Waals surface area contributed by atoms with Crippen molar-refractivity contribution >= 4 is 0 Å². The third-order valence-corrected chi connectivity index (χ3v) is 4.86. The summed E-state index contributed by atoms with van der Waals surface area (Å²) < 4.78 is 7.54. The predicted molar refractivity (Wildman–Crippen MR) is 114 cm³/mol. The van der Waals surface area contributed by atoms with E-state index in [-0.39, 0.29) is 17.9 Å². The Labute approximate surface area is 176 Å². The maximum Gasteiger partial charge on any atom is 0.250 e. The van der Waals surface area contributed by atoms with Gasteiger partial charge >= 0.3 is 0 Å². The molecule has 3 aromatic heterocycles. The summed E-state index contributed by atoms with van der Waals surface area (Å²) in [6, 6.07) is 9.39. The molecular formula is C23H25N5O2. The van der Waals surface area contributed by atoms with E-state index < -0.39 is 0 Å². The fourth-order valence-corrected chi connectivity index (χ4v) is 3.04. The van der Waals surface area contributed by atoms with Gasteiger partial charge in [-0.15, -0.1) is 0 Å². The van der Waals surface area contributed by atoms with Crippen molar-refractivity contribution in [1.82, 2.24) is 19.5 Å². The highest BCUT2D eigenvalue weighted by molar-refractivity contribution is 5.66. The van der Waals surface area contributed by atoms with Crippen LogP contribution in [0.15, 0.2) is 47.7 Å². The minimum absolute atomic E-state index is 0.149. The number of hydrogen-bond donors (Lipinski definition) is 0. The first-order valence-electron chi connectivity index (χ1n) is 9.94. The number of ether oxygens (including phenoxy) is 1. The number of pyridine rings is 2. The van der Waals surface area contributed by atoms with Crippen LogP contribution in [0.2, 0.25) is 0 Å². The van der Waals surface area contributed by atoms with Crippen LogP contribution >= 0.6 is 0 Å².